The highest BCUT2D eigenvalue weighted by Gasteiger charge is 2.23. The third-order valence-corrected chi connectivity index (χ3v) is 6.17. The Morgan fingerprint density at radius 1 is 1.12 bits per heavy atom. The van der Waals surface area contributed by atoms with Crippen molar-refractivity contribution in [2.24, 2.45) is 0 Å². The van der Waals surface area contributed by atoms with Crippen LogP contribution in [0.15, 0.2) is 53.9 Å². The van der Waals surface area contributed by atoms with Gasteiger partial charge in [-0.05, 0) is 28.6 Å². The number of carbonyl (C=O) groups excluding carboxylic acids is 1. The Kier molecular flexibility index (Phi) is 4.47. The van der Waals surface area contributed by atoms with E-state index in [0.717, 1.165) is 24.5 Å². The second-order valence-electron chi connectivity index (χ2n) is 5.95. The molecule has 3 aromatic rings. The standard InChI is InChI=1S/C19H18N2OS2/c22-19(20-10-16-7-4-8-23-16)17-9-15-12-21(13-18(15)24-17)11-14-5-2-1-3-6-14/h1-9H,10-13H2,(H,20,22). The van der Waals surface area contributed by atoms with Gasteiger partial charge in [0.15, 0.2) is 0 Å². The number of rotatable bonds is 5. The van der Waals surface area contributed by atoms with Gasteiger partial charge in [0.25, 0.3) is 5.91 Å². The molecule has 0 saturated heterocycles. The van der Waals surface area contributed by atoms with E-state index in [0.29, 0.717) is 6.54 Å². The average Bonchev–Trinajstić information content (AvgIpc) is 3.29. The molecular formula is C19H18N2OS2. The van der Waals surface area contributed by atoms with Crippen molar-refractivity contribution in [3.63, 3.8) is 0 Å². The van der Waals surface area contributed by atoms with Crippen molar-refractivity contribution in [3.05, 3.63) is 79.7 Å². The van der Waals surface area contributed by atoms with Crippen molar-refractivity contribution in [2.45, 2.75) is 26.2 Å². The topological polar surface area (TPSA) is 32.3 Å². The normalized spacial score (nSPS) is 13.8. The highest BCUT2D eigenvalue weighted by atomic mass is 32.1. The van der Waals surface area contributed by atoms with Crippen molar-refractivity contribution >= 4 is 28.6 Å². The summed E-state index contributed by atoms with van der Waals surface area (Å²) in [7, 11) is 0. The highest BCUT2D eigenvalue weighted by Crippen LogP contribution is 2.32. The molecule has 2 aromatic heterocycles. The van der Waals surface area contributed by atoms with Gasteiger partial charge in [-0.2, -0.15) is 0 Å². The van der Waals surface area contributed by atoms with E-state index in [1.54, 1.807) is 22.7 Å². The number of amides is 1. The average molecular weight is 355 g/mol. The van der Waals surface area contributed by atoms with Crippen LogP contribution in [-0.2, 0) is 26.2 Å². The molecule has 1 aliphatic heterocycles. The number of fused-ring (bicyclic) bond motifs is 1. The summed E-state index contributed by atoms with van der Waals surface area (Å²) >= 11 is 3.30. The molecule has 0 bridgehead atoms. The van der Waals surface area contributed by atoms with Gasteiger partial charge in [-0.15, -0.1) is 22.7 Å². The number of hydrogen-bond acceptors (Lipinski definition) is 4. The fourth-order valence-corrected chi connectivity index (χ4v) is 4.74. The van der Waals surface area contributed by atoms with Gasteiger partial charge in [0.2, 0.25) is 0 Å². The van der Waals surface area contributed by atoms with Crippen LogP contribution in [0.2, 0.25) is 0 Å². The lowest BCUT2D eigenvalue weighted by Gasteiger charge is -2.14. The zero-order chi connectivity index (χ0) is 16.4. The van der Waals surface area contributed by atoms with E-state index in [1.165, 1.54) is 20.9 Å². The van der Waals surface area contributed by atoms with E-state index in [4.69, 9.17) is 0 Å². The minimum absolute atomic E-state index is 0.0393. The molecule has 0 fully saturated rings. The predicted octanol–water partition coefficient (Wildman–Crippen LogP) is 4.26. The molecule has 3 nitrogen and oxygen atoms in total. The Morgan fingerprint density at radius 3 is 2.75 bits per heavy atom. The van der Waals surface area contributed by atoms with Gasteiger partial charge in [0.05, 0.1) is 11.4 Å². The van der Waals surface area contributed by atoms with E-state index in [-0.39, 0.29) is 5.91 Å². The molecule has 122 valence electrons. The lowest BCUT2D eigenvalue weighted by atomic mass is 10.2. The first-order valence-corrected chi connectivity index (χ1v) is 9.66. The lowest BCUT2D eigenvalue weighted by molar-refractivity contribution is 0.0955. The van der Waals surface area contributed by atoms with E-state index < -0.39 is 0 Å². The second kappa shape index (κ2) is 6.89. The predicted molar refractivity (Wildman–Crippen MR) is 99.2 cm³/mol. The molecular weight excluding hydrogens is 336 g/mol. The fourth-order valence-electron chi connectivity index (χ4n) is 2.97. The van der Waals surface area contributed by atoms with Crippen LogP contribution >= 0.6 is 22.7 Å². The molecule has 1 amide bonds. The summed E-state index contributed by atoms with van der Waals surface area (Å²) in [5.41, 5.74) is 2.64. The van der Waals surface area contributed by atoms with Gasteiger partial charge in [-0.25, -0.2) is 0 Å². The molecule has 0 radical (unpaired) electrons. The van der Waals surface area contributed by atoms with Crippen molar-refractivity contribution in [2.75, 3.05) is 0 Å². The zero-order valence-corrected chi connectivity index (χ0v) is 14.8. The van der Waals surface area contributed by atoms with Gasteiger partial charge in [0, 0.05) is 29.4 Å². The first kappa shape index (κ1) is 15.6. The summed E-state index contributed by atoms with van der Waals surface area (Å²) < 4.78 is 0. The van der Waals surface area contributed by atoms with Crippen LogP contribution in [0.3, 0.4) is 0 Å². The number of carbonyl (C=O) groups is 1. The van der Waals surface area contributed by atoms with E-state index in [2.05, 4.69) is 40.5 Å². The Bertz CT molecular complexity index is 801. The molecule has 3 heterocycles. The highest BCUT2D eigenvalue weighted by molar-refractivity contribution is 7.14. The van der Waals surface area contributed by atoms with E-state index in [9.17, 15) is 4.79 Å². The number of thiophene rings is 2. The summed E-state index contributed by atoms with van der Waals surface area (Å²) in [5, 5.41) is 5.04. The fraction of sp³-hybridized carbons (Fsp3) is 0.211. The molecule has 0 spiro atoms. The van der Waals surface area contributed by atoms with Crippen LogP contribution < -0.4 is 5.32 Å². The maximum atomic E-state index is 12.3. The molecule has 24 heavy (non-hydrogen) atoms. The van der Waals surface area contributed by atoms with Crippen molar-refractivity contribution < 1.29 is 4.79 Å². The minimum atomic E-state index is 0.0393. The molecule has 1 N–H and O–H groups in total. The number of hydrogen-bond donors (Lipinski definition) is 1. The molecule has 0 unspecified atom stereocenters. The van der Waals surface area contributed by atoms with Gasteiger partial charge < -0.3 is 5.32 Å². The summed E-state index contributed by atoms with van der Waals surface area (Å²) in [6.45, 7) is 3.44. The van der Waals surface area contributed by atoms with Crippen LogP contribution in [-0.4, -0.2) is 10.8 Å². The minimum Gasteiger partial charge on any atom is -0.346 e. The SMILES string of the molecule is O=C(NCc1cccs1)c1cc2c(s1)CN(Cc1ccccc1)C2. The van der Waals surface area contributed by atoms with Gasteiger partial charge in [-0.1, -0.05) is 36.4 Å². The molecule has 1 aromatic carbocycles. The third kappa shape index (κ3) is 3.43. The van der Waals surface area contributed by atoms with E-state index >= 15 is 0 Å². The first-order valence-electron chi connectivity index (χ1n) is 7.96. The molecule has 4 rings (SSSR count). The van der Waals surface area contributed by atoms with Crippen molar-refractivity contribution in [1.82, 2.24) is 10.2 Å². The Balaban J connectivity index is 1.36. The number of nitrogens with one attached hydrogen (secondary N) is 1. The summed E-state index contributed by atoms with van der Waals surface area (Å²) in [6.07, 6.45) is 0. The Hall–Kier alpha value is -1.95. The maximum absolute atomic E-state index is 12.3. The largest absolute Gasteiger partial charge is 0.346 e. The summed E-state index contributed by atoms with van der Waals surface area (Å²) in [6, 6.07) is 16.6. The molecule has 0 atom stereocenters. The third-order valence-electron chi connectivity index (χ3n) is 4.13. The summed E-state index contributed by atoms with van der Waals surface area (Å²) in [5.74, 6) is 0.0393. The zero-order valence-electron chi connectivity index (χ0n) is 13.2. The molecule has 5 heteroatoms. The van der Waals surface area contributed by atoms with Crippen LogP contribution in [0.5, 0.6) is 0 Å². The van der Waals surface area contributed by atoms with Crippen LogP contribution in [0.1, 0.15) is 30.6 Å². The Labute approximate surface area is 149 Å². The number of benzene rings is 1. The van der Waals surface area contributed by atoms with Crippen molar-refractivity contribution in [1.29, 1.82) is 0 Å². The van der Waals surface area contributed by atoms with Gasteiger partial charge in [-0.3, -0.25) is 9.69 Å². The second-order valence-corrected chi connectivity index (χ2v) is 8.12. The van der Waals surface area contributed by atoms with Crippen LogP contribution in [0, 0.1) is 0 Å². The number of nitrogens with zero attached hydrogens (tertiary/aromatic N) is 1. The molecule has 1 aliphatic rings. The maximum Gasteiger partial charge on any atom is 0.261 e. The van der Waals surface area contributed by atoms with Gasteiger partial charge in [0.1, 0.15) is 0 Å². The van der Waals surface area contributed by atoms with E-state index in [1.807, 2.05) is 23.6 Å². The molecule has 0 aliphatic carbocycles. The first-order chi connectivity index (χ1) is 11.8. The monoisotopic (exact) mass is 354 g/mol. The van der Waals surface area contributed by atoms with Crippen LogP contribution in [0.4, 0.5) is 0 Å². The lowest BCUT2D eigenvalue weighted by Crippen LogP contribution is -2.21. The smallest absolute Gasteiger partial charge is 0.261 e. The molecule has 0 saturated carbocycles. The van der Waals surface area contributed by atoms with Crippen molar-refractivity contribution in [3.8, 4) is 0 Å². The van der Waals surface area contributed by atoms with Gasteiger partial charge >= 0.3 is 0 Å². The Morgan fingerprint density at radius 2 is 2.00 bits per heavy atom. The quantitative estimate of drug-likeness (QED) is 0.743. The van der Waals surface area contributed by atoms with Crippen LogP contribution in [0.25, 0.3) is 0 Å². The summed E-state index contributed by atoms with van der Waals surface area (Å²) in [4.78, 5) is 18.1.